The number of aromatic hydroxyl groups is 1. The SMILES string of the molecule is N#C/C(=C/c1cc(Br)c(O)c(Br)c1)C(=O)NC1CCCCC1. The van der Waals surface area contributed by atoms with Crippen LogP contribution in [0.1, 0.15) is 37.7 Å². The smallest absolute Gasteiger partial charge is 0.262 e. The molecule has 0 saturated heterocycles. The van der Waals surface area contributed by atoms with Gasteiger partial charge in [-0.1, -0.05) is 19.3 Å². The maximum atomic E-state index is 12.2. The Hall–Kier alpha value is -1.32. The van der Waals surface area contributed by atoms with Gasteiger partial charge in [-0.05, 0) is 68.5 Å². The molecule has 0 bridgehead atoms. The molecule has 22 heavy (non-hydrogen) atoms. The van der Waals surface area contributed by atoms with Crippen LogP contribution in [-0.2, 0) is 4.79 Å². The molecule has 0 spiro atoms. The summed E-state index contributed by atoms with van der Waals surface area (Å²) in [6.45, 7) is 0. The van der Waals surface area contributed by atoms with Gasteiger partial charge in [0.2, 0.25) is 0 Å². The minimum absolute atomic E-state index is 0.0649. The molecule has 6 heteroatoms. The number of rotatable bonds is 3. The number of hydrogen-bond acceptors (Lipinski definition) is 3. The minimum Gasteiger partial charge on any atom is -0.506 e. The number of carbonyl (C=O) groups excluding carboxylic acids is 1. The van der Waals surface area contributed by atoms with Crippen molar-refractivity contribution in [2.75, 3.05) is 0 Å². The molecule has 2 N–H and O–H groups in total. The van der Waals surface area contributed by atoms with Gasteiger partial charge in [-0.15, -0.1) is 0 Å². The second-order valence-electron chi connectivity index (χ2n) is 5.31. The van der Waals surface area contributed by atoms with Crippen molar-refractivity contribution < 1.29 is 9.90 Å². The normalized spacial score (nSPS) is 16.1. The first-order valence-electron chi connectivity index (χ1n) is 7.12. The lowest BCUT2D eigenvalue weighted by Crippen LogP contribution is -2.36. The number of nitrogens with zero attached hydrogens (tertiary/aromatic N) is 1. The first-order valence-corrected chi connectivity index (χ1v) is 8.70. The van der Waals surface area contributed by atoms with Crippen molar-refractivity contribution in [2.24, 2.45) is 0 Å². The fourth-order valence-corrected chi connectivity index (χ4v) is 3.72. The van der Waals surface area contributed by atoms with Crippen LogP contribution in [0.5, 0.6) is 5.75 Å². The maximum Gasteiger partial charge on any atom is 0.262 e. The summed E-state index contributed by atoms with van der Waals surface area (Å²) in [7, 11) is 0. The number of halogens is 2. The van der Waals surface area contributed by atoms with E-state index in [0.717, 1.165) is 25.7 Å². The monoisotopic (exact) mass is 426 g/mol. The van der Waals surface area contributed by atoms with Gasteiger partial charge in [0.25, 0.3) is 5.91 Å². The van der Waals surface area contributed by atoms with E-state index in [0.29, 0.717) is 14.5 Å². The summed E-state index contributed by atoms with van der Waals surface area (Å²) in [5.74, 6) is -0.253. The number of nitriles is 1. The lowest BCUT2D eigenvalue weighted by molar-refractivity contribution is -0.117. The summed E-state index contributed by atoms with van der Waals surface area (Å²) in [6.07, 6.45) is 6.92. The number of carbonyl (C=O) groups is 1. The van der Waals surface area contributed by atoms with Crippen LogP contribution in [0.15, 0.2) is 26.7 Å². The molecule has 0 aliphatic heterocycles. The first-order chi connectivity index (χ1) is 10.5. The van der Waals surface area contributed by atoms with Crippen molar-refractivity contribution in [3.8, 4) is 11.8 Å². The molecular formula is C16H16Br2N2O2. The summed E-state index contributed by atoms with van der Waals surface area (Å²) in [4.78, 5) is 12.2. The van der Waals surface area contributed by atoms with Gasteiger partial charge >= 0.3 is 0 Å². The zero-order valence-electron chi connectivity index (χ0n) is 11.9. The molecule has 0 aromatic heterocycles. The molecule has 0 radical (unpaired) electrons. The number of phenolic OH excluding ortho intramolecular Hbond substituents is 1. The molecule has 1 saturated carbocycles. The topological polar surface area (TPSA) is 73.1 Å². The number of phenols is 1. The van der Waals surface area contributed by atoms with Crippen molar-refractivity contribution in [1.82, 2.24) is 5.32 Å². The third-order valence-electron chi connectivity index (χ3n) is 3.66. The quantitative estimate of drug-likeness (QED) is 0.558. The highest BCUT2D eigenvalue weighted by Gasteiger charge is 2.18. The van der Waals surface area contributed by atoms with E-state index >= 15 is 0 Å². The van der Waals surface area contributed by atoms with E-state index in [1.165, 1.54) is 12.5 Å². The summed E-state index contributed by atoms with van der Waals surface area (Å²) in [5, 5.41) is 21.8. The zero-order valence-corrected chi connectivity index (χ0v) is 15.1. The van der Waals surface area contributed by atoms with Crippen molar-refractivity contribution in [3.05, 3.63) is 32.2 Å². The fourth-order valence-electron chi connectivity index (χ4n) is 2.49. The highest BCUT2D eigenvalue weighted by Crippen LogP contribution is 2.34. The van der Waals surface area contributed by atoms with E-state index < -0.39 is 0 Å². The second kappa shape index (κ2) is 7.80. The van der Waals surface area contributed by atoms with E-state index in [1.54, 1.807) is 12.1 Å². The molecule has 1 aliphatic rings. The van der Waals surface area contributed by atoms with Crippen LogP contribution in [0, 0.1) is 11.3 Å². The lowest BCUT2D eigenvalue weighted by atomic mass is 9.95. The van der Waals surface area contributed by atoms with Crippen LogP contribution in [0.4, 0.5) is 0 Å². The molecule has 1 aromatic rings. The molecule has 0 heterocycles. The number of nitrogens with one attached hydrogen (secondary N) is 1. The van der Waals surface area contributed by atoms with Crippen LogP contribution in [0.3, 0.4) is 0 Å². The van der Waals surface area contributed by atoms with E-state index in [9.17, 15) is 15.2 Å². The zero-order chi connectivity index (χ0) is 16.1. The van der Waals surface area contributed by atoms with Crippen LogP contribution in [0.2, 0.25) is 0 Å². The Labute approximate surface area is 146 Å². The van der Waals surface area contributed by atoms with Gasteiger partial charge in [0, 0.05) is 6.04 Å². The molecule has 4 nitrogen and oxygen atoms in total. The van der Waals surface area contributed by atoms with E-state index in [4.69, 9.17) is 0 Å². The molecule has 1 aromatic carbocycles. The Morgan fingerprint density at radius 1 is 1.27 bits per heavy atom. The average molecular weight is 428 g/mol. The van der Waals surface area contributed by atoms with Gasteiger partial charge < -0.3 is 10.4 Å². The number of amides is 1. The van der Waals surface area contributed by atoms with Crippen LogP contribution in [0.25, 0.3) is 6.08 Å². The molecule has 1 aliphatic carbocycles. The summed E-state index contributed by atoms with van der Waals surface area (Å²) >= 11 is 6.47. The predicted octanol–water partition coefficient (Wildman–Crippen LogP) is 4.27. The Bertz CT molecular complexity index is 621. The second-order valence-corrected chi connectivity index (χ2v) is 7.02. The molecule has 1 fully saturated rings. The predicted molar refractivity (Wildman–Crippen MR) is 92.1 cm³/mol. The van der Waals surface area contributed by atoms with Crippen molar-refractivity contribution in [3.63, 3.8) is 0 Å². The lowest BCUT2D eigenvalue weighted by Gasteiger charge is -2.22. The summed E-state index contributed by atoms with van der Waals surface area (Å²) < 4.78 is 0.996. The van der Waals surface area contributed by atoms with Crippen molar-refractivity contribution in [1.29, 1.82) is 5.26 Å². The average Bonchev–Trinajstić information content (AvgIpc) is 2.51. The largest absolute Gasteiger partial charge is 0.506 e. The van der Waals surface area contributed by atoms with E-state index in [2.05, 4.69) is 37.2 Å². The number of benzene rings is 1. The van der Waals surface area contributed by atoms with Crippen LogP contribution >= 0.6 is 31.9 Å². The van der Waals surface area contributed by atoms with Gasteiger partial charge in [-0.3, -0.25) is 4.79 Å². The third kappa shape index (κ3) is 4.34. The third-order valence-corrected chi connectivity index (χ3v) is 4.86. The van der Waals surface area contributed by atoms with Crippen LogP contribution in [-0.4, -0.2) is 17.1 Å². The Morgan fingerprint density at radius 2 is 1.86 bits per heavy atom. The van der Waals surface area contributed by atoms with Crippen LogP contribution < -0.4 is 5.32 Å². The van der Waals surface area contributed by atoms with E-state index in [1.807, 2.05) is 6.07 Å². The molecular weight excluding hydrogens is 412 g/mol. The maximum absolute atomic E-state index is 12.2. The first kappa shape index (κ1) is 17.0. The molecule has 2 rings (SSSR count). The van der Waals surface area contributed by atoms with Gasteiger partial charge in [-0.25, -0.2) is 0 Å². The minimum atomic E-state index is -0.338. The fraction of sp³-hybridized carbons (Fsp3) is 0.375. The Balaban J connectivity index is 2.16. The standard InChI is InChI=1S/C16H16Br2N2O2/c17-13-7-10(8-14(18)15(13)21)6-11(9-19)16(22)20-12-4-2-1-3-5-12/h6-8,12,21H,1-5H2,(H,20,22)/b11-6-. The molecule has 0 unspecified atom stereocenters. The molecule has 116 valence electrons. The Kier molecular flexibility index (Phi) is 6.04. The molecule has 0 atom stereocenters. The van der Waals surface area contributed by atoms with Gasteiger partial charge in [0.05, 0.1) is 8.95 Å². The van der Waals surface area contributed by atoms with Crippen molar-refractivity contribution >= 4 is 43.8 Å². The summed E-state index contributed by atoms with van der Waals surface area (Å²) in [5.41, 5.74) is 0.724. The molecule has 1 amide bonds. The van der Waals surface area contributed by atoms with E-state index in [-0.39, 0.29) is 23.3 Å². The Morgan fingerprint density at radius 3 is 2.41 bits per heavy atom. The highest BCUT2D eigenvalue weighted by molar-refractivity contribution is 9.11. The van der Waals surface area contributed by atoms with Gasteiger partial charge in [-0.2, -0.15) is 5.26 Å². The highest BCUT2D eigenvalue weighted by atomic mass is 79.9. The van der Waals surface area contributed by atoms with Gasteiger partial charge in [0.15, 0.2) is 0 Å². The summed E-state index contributed by atoms with van der Waals surface area (Å²) in [6, 6.07) is 5.43. The number of hydrogen-bond donors (Lipinski definition) is 2. The van der Waals surface area contributed by atoms with Gasteiger partial charge in [0.1, 0.15) is 17.4 Å². The van der Waals surface area contributed by atoms with Crippen molar-refractivity contribution in [2.45, 2.75) is 38.1 Å².